The average Bonchev–Trinajstić information content (AvgIpc) is 2.48. The Morgan fingerprint density at radius 3 is 2.86 bits per heavy atom. The number of anilines is 1. The highest BCUT2D eigenvalue weighted by atomic mass is 32.2. The number of amides is 1. The van der Waals surface area contributed by atoms with Crippen molar-refractivity contribution in [1.82, 2.24) is 0 Å². The van der Waals surface area contributed by atoms with E-state index in [1.807, 2.05) is 11.8 Å². The van der Waals surface area contributed by atoms with E-state index >= 15 is 0 Å². The molecule has 1 aromatic carbocycles. The molecule has 1 amide bonds. The molecule has 1 saturated heterocycles. The third-order valence-corrected chi connectivity index (χ3v) is 4.42. The number of hydrogen-bond donors (Lipinski definition) is 2. The molecule has 3 nitrogen and oxygen atoms in total. The number of benzene rings is 1. The fourth-order valence-electron chi connectivity index (χ4n) is 2.25. The molecule has 1 aliphatic heterocycles. The van der Waals surface area contributed by atoms with Gasteiger partial charge in [-0.25, -0.2) is 4.39 Å². The molecule has 0 spiro atoms. The smallest absolute Gasteiger partial charge is 0.224 e. The van der Waals surface area contributed by atoms with Gasteiger partial charge >= 0.3 is 0 Å². The predicted octanol–water partition coefficient (Wildman–Crippen LogP) is 2.64. The van der Waals surface area contributed by atoms with E-state index in [4.69, 9.17) is 5.11 Å². The maximum absolute atomic E-state index is 13.9. The molecule has 1 heterocycles. The van der Waals surface area contributed by atoms with Gasteiger partial charge in [0.15, 0.2) is 0 Å². The molecule has 0 aliphatic carbocycles. The van der Waals surface area contributed by atoms with Crippen LogP contribution in [0.4, 0.5) is 10.1 Å². The summed E-state index contributed by atoms with van der Waals surface area (Å²) in [6.07, 6.45) is 2.55. The minimum Gasteiger partial charge on any atom is -0.384 e. The molecular weight excluding hydrogens is 289 g/mol. The molecule has 1 aromatic rings. The molecule has 112 valence electrons. The van der Waals surface area contributed by atoms with Crippen LogP contribution in [0.1, 0.15) is 24.8 Å². The van der Waals surface area contributed by atoms with E-state index in [0.29, 0.717) is 17.9 Å². The van der Waals surface area contributed by atoms with Crippen molar-refractivity contribution in [3.05, 3.63) is 29.6 Å². The number of aliphatic hydroxyl groups is 1. The minimum absolute atomic E-state index is 0.139. The summed E-state index contributed by atoms with van der Waals surface area (Å²) in [5.74, 6) is 7.05. The SMILES string of the molecule is O=C(CC1CCSCC1)Nc1ccc(C#CCO)cc1F. The van der Waals surface area contributed by atoms with Gasteiger partial charge in [0, 0.05) is 12.0 Å². The number of carbonyl (C=O) groups is 1. The Morgan fingerprint density at radius 2 is 2.19 bits per heavy atom. The van der Waals surface area contributed by atoms with Crippen LogP contribution in [-0.2, 0) is 4.79 Å². The molecule has 2 N–H and O–H groups in total. The molecule has 1 fully saturated rings. The van der Waals surface area contributed by atoms with Gasteiger partial charge in [0.2, 0.25) is 5.91 Å². The zero-order valence-corrected chi connectivity index (χ0v) is 12.5. The molecular formula is C16H18FNO2S. The van der Waals surface area contributed by atoms with E-state index < -0.39 is 5.82 Å². The zero-order chi connectivity index (χ0) is 15.1. The van der Waals surface area contributed by atoms with Gasteiger partial charge in [-0.1, -0.05) is 11.8 Å². The summed E-state index contributed by atoms with van der Waals surface area (Å²) < 4.78 is 13.9. The van der Waals surface area contributed by atoms with E-state index in [0.717, 1.165) is 24.3 Å². The quantitative estimate of drug-likeness (QED) is 0.844. The van der Waals surface area contributed by atoms with Crippen LogP contribution in [-0.4, -0.2) is 29.1 Å². The Morgan fingerprint density at radius 1 is 1.43 bits per heavy atom. The Balaban J connectivity index is 1.94. The van der Waals surface area contributed by atoms with Gasteiger partial charge in [0.05, 0.1) is 5.69 Å². The molecule has 1 aliphatic rings. The van der Waals surface area contributed by atoms with Crippen molar-refractivity contribution in [3.8, 4) is 11.8 Å². The Hall–Kier alpha value is -1.51. The van der Waals surface area contributed by atoms with Crippen molar-refractivity contribution >= 4 is 23.4 Å². The highest BCUT2D eigenvalue weighted by Crippen LogP contribution is 2.26. The largest absolute Gasteiger partial charge is 0.384 e. The molecule has 0 atom stereocenters. The van der Waals surface area contributed by atoms with Crippen LogP contribution in [0.25, 0.3) is 0 Å². The third-order valence-electron chi connectivity index (χ3n) is 3.37. The first kappa shape index (κ1) is 15.9. The fourth-order valence-corrected chi connectivity index (χ4v) is 3.45. The summed E-state index contributed by atoms with van der Waals surface area (Å²) in [4.78, 5) is 11.9. The summed E-state index contributed by atoms with van der Waals surface area (Å²) >= 11 is 1.92. The Bertz CT molecular complexity index is 559. The van der Waals surface area contributed by atoms with E-state index in [2.05, 4.69) is 17.2 Å². The minimum atomic E-state index is -0.507. The topological polar surface area (TPSA) is 49.3 Å². The van der Waals surface area contributed by atoms with Gasteiger partial charge in [-0.05, 0) is 48.5 Å². The first-order valence-corrected chi connectivity index (χ1v) is 8.11. The van der Waals surface area contributed by atoms with E-state index in [-0.39, 0.29) is 18.2 Å². The maximum atomic E-state index is 13.9. The van der Waals surface area contributed by atoms with Gasteiger partial charge in [0.25, 0.3) is 0 Å². The number of hydrogen-bond acceptors (Lipinski definition) is 3. The van der Waals surface area contributed by atoms with Gasteiger partial charge in [0.1, 0.15) is 12.4 Å². The molecule has 0 saturated carbocycles. The Kier molecular flexibility index (Phi) is 6.09. The van der Waals surface area contributed by atoms with Crippen LogP contribution in [0, 0.1) is 23.6 Å². The zero-order valence-electron chi connectivity index (χ0n) is 11.7. The second-order valence-electron chi connectivity index (χ2n) is 4.96. The normalized spacial score (nSPS) is 15.1. The van der Waals surface area contributed by atoms with Crippen LogP contribution in [0.3, 0.4) is 0 Å². The summed E-state index contributed by atoms with van der Waals surface area (Å²) in [6, 6.07) is 4.39. The van der Waals surface area contributed by atoms with Crippen molar-refractivity contribution in [2.75, 3.05) is 23.4 Å². The van der Waals surface area contributed by atoms with Crippen LogP contribution in [0.2, 0.25) is 0 Å². The van der Waals surface area contributed by atoms with Crippen molar-refractivity contribution in [1.29, 1.82) is 0 Å². The van der Waals surface area contributed by atoms with E-state index in [9.17, 15) is 9.18 Å². The summed E-state index contributed by atoms with van der Waals surface area (Å²) in [7, 11) is 0. The molecule has 5 heteroatoms. The molecule has 0 aromatic heterocycles. The van der Waals surface area contributed by atoms with Crippen LogP contribution >= 0.6 is 11.8 Å². The van der Waals surface area contributed by atoms with E-state index in [1.54, 1.807) is 6.07 Å². The first-order chi connectivity index (χ1) is 10.2. The summed E-state index contributed by atoms with van der Waals surface area (Å²) in [6.45, 7) is -0.264. The highest BCUT2D eigenvalue weighted by Gasteiger charge is 2.18. The van der Waals surface area contributed by atoms with Crippen molar-refractivity contribution in [3.63, 3.8) is 0 Å². The number of nitrogens with one attached hydrogen (secondary N) is 1. The monoisotopic (exact) mass is 307 g/mol. The predicted molar refractivity (Wildman–Crippen MR) is 83.7 cm³/mol. The molecule has 21 heavy (non-hydrogen) atoms. The third kappa shape index (κ3) is 5.07. The number of carbonyl (C=O) groups excluding carboxylic acids is 1. The van der Waals surface area contributed by atoms with Crippen molar-refractivity contribution in [2.45, 2.75) is 19.3 Å². The number of thioether (sulfide) groups is 1. The standard InChI is InChI=1S/C16H18FNO2S/c17-14-10-12(2-1-7-19)3-4-15(14)18-16(20)11-13-5-8-21-9-6-13/h3-4,10,13,19H,5-9,11H2,(H,18,20). The average molecular weight is 307 g/mol. The molecule has 0 bridgehead atoms. The first-order valence-electron chi connectivity index (χ1n) is 6.96. The van der Waals surface area contributed by atoms with E-state index in [1.165, 1.54) is 12.1 Å². The summed E-state index contributed by atoms with van der Waals surface area (Å²) in [5, 5.41) is 11.2. The van der Waals surface area contributed by atoms with Gasteiger partial charge in [-0.2, -0.15) is 11.8 Å². The van der Waals surface area contributed by atoms with Gasteiger partial charge in [-0.15, -0.1) is 0 Å². The lowest BCUT2D eigenvalue weighted by atomic mass is 9.98. The molecule has 0 radical (unpaired) electrons. The second-order valence-corrected chi connectivity index (χ2v) is 6.19. The molecule has 0 unspecified atom stereocenters. The van der Waals surface area contributed by atoms with Crippen LogP contribution < -0.4 is 5.32 Å². The summed E-state index contributed by atoms with van der Waals surface area (Å²) in [5.41, 5.74) is 0.656. The van der Waals surface area contributed by atoms with Crippen LogP contribution in [0.15, 0.2) is 18.2 Å². The van der Waals surface area contributed by atoms with Crippen molar-refractivity contribution < 1.29 is 14.3 Å². The lowest BCUT2D eigenvalue weighted by molar-refractivity contribution is -0.117. The van der Waals surface area contributed by atoms with Gasteiger partial charge < -0.3 is 10.4 Å². The number of aliphatic hydroxyl groups excluding tert-OH is 1. The number of halogens is 1. The Labute approximate surface area is 128 Å². The lowest BCUT2D eigenvalue weighted by Gasteiger charge is -2.20. The molecule has 2 rings (SSSR count). The maximum Gasteiger partial charge on any atom is 0.224 e. The lowest BCUT2D eigenvalue weighted by Crippen LogP contribution is -2.20. The second kappa shape index (κ2) is 8.06. The highest BCUT2D eigenvalue weighted by molar-refractivity contribution is 7.99. The number of rotatable bonds is 3. The van der Waals surface area contributed by atoms with Crippen LogP contribution in [0.5, 0.6) is 0 Å². The fraction of sp³-hybridized carbons (Fsp3) is 0.438. The van der Waals surface area contributed by atoms with Crippen molar-refractivity contribution in [2.24, 2.45) is 5.92 Å². The van der Waals surface area contributed by atoms with Gasteiger partial charge in [-0.3, -0.25) is 4.79 Å².